The van der Waals surface area contributed by atoms with Crippen molar-refractivity contribution in [2.24, 2.45) is 0 Å². The van der Waals surface area contributed by atoms with Gasteiger partial charge in [-0.25, -0.2) is 19.2 Å². The van der Waals surface area contributed by atoms with Crippen LogP contribution in [-0.4, -0.2) is 21.0 Å². The zero-order valence-corrected chi connectivity index (χ0v) is 10.7. The van der Waals surface area contributed by atoms with Gasteiger partial charge in [0.05, 0.1) is 5.56 Å². The van der Waals surface area contributed by atoms with Gasteiger partial charge < -0.3 is 10.4 Å². The third-order valence-electron chi connectivity index (χ3n) is 3.01. The first kappa shape index (κ1) is 13.0. The number of carboxylic acids is 1. The molecular formula is C15H10FN3O2. The summed E-state index contributed by atoms with van der Waals surface area (Å²) in [6.45, 7) is 0. The van der Waals surface area contributed by atoms with Gasteiger partial charge in [0.1, 0.15) is 23.5 Å². The maximum Gasteiger partial charge on any atom is 0.335 e. The smallest absolute Gasteiger partial charge is 0.335 e. The van der Waals surface area contributed by atoms with Crippen LogP contribution in [0.3, 0.4) is 0 Å². The Morgan fingerprint density at radius 3 is 2.57 bits per heavy atom. The Hall–Kier alpha value is -3.02. The molecule has 0 aliphatic carbocycles. The molecule has 0 spiro atoms. The van der Waals surface area contributed by atoms with Crippen LogP contribution in [0.15, 0.2) is 48.8 Å². The molecule has 0 bridgehead atoms. The Morgan fingerprint density at radius 2 is 1.86 bits per heavy atom. The first-order valence-corrected chi connectivity index (χ1v) is 6.15. The number of halogens is 1. The number of benzene rings is 2. The molecular weight excluding hydrogens is 273 g/mol. The van der Waals surface area contributed by atoms with E-state index in [-0.39, 0.29) is 11.1 Å². The topological polar surface area (TPSA) is 75.1 Å². The largest absolute Gasteiger partial charge is 0.478 e. The number of hydrogen-bond donors (Lipinski definition) is 2. The summed E-state index contributed by atoms with van der Waals surface area (Å²) in [6.07, 6.45) is 1.28. The van der Waals surface area contributed by atoms with E-state index >= 15 is 0 Å². The first-order chi connectivity index (χ1) is 10.1. The summed E-state index contributed by atoms with van der Waals surface area (Å²) >= 11 is 0. The molecule has 0 unspecified atom stereocenters. The van der Waals surface area contributed by atoms with Gasteiger partial charge in [0.2, 0.25) is 0 Å². The molecule has 1 aromatic heterocycles. The lowest BCUT2D eigenvalue weighted by Gasteiger charge is -2.08. The molecule has 6 heteroatoms. The van der Waals surface area contributed by atoms with Crippen molar-refractivity contribution in [2.45, 2.75) is 0 Å². The van der Waals surface area contributed by atoms with Crippen molar-refractivity contribution < 1.29 is 14.3 Å². The van der Waals surface area contributed by atoms with Gasteiger partial charge >= 0.3 is 5.97 Å². The van der Waals surface area contributed by atoms with Crippen molar-refractivity contribution in [1.82, 2.24) is 9.97 Å². The maximum absolute atomic E-state index is 13.7. The van der Waals surface area contributed by atoms with E-state index in [9.17, 15) is 9.18 Å². The Balaban J connectivity index is 1.98. The molecule has 3 rings (SSSR count). The first-order valence-electron chi connectivity index (χ1n) is 6.15. The predicted octanol–water partition coefficient (Wildman–Crippen LogP) is 3.21. The lowest BCUT2D eigenvalue weighted by atomic mass is 10.2. The van der Waals surface area contributed by atoms with E-state index in [1.54, 1.807) is 24.3 Å². The van der Waals surface area contributed by atoms with Crippen LogP contribution >= 0.6 is 0 Å². The third-order valence-corrected chi connectivity index (χ3v) is 3.01. The summed E-state index contributed by atoms with van der Waals surface area (Å²) in [5.41, 5.74) is 1.08. The second kappa shape index (κ2) is 5.16. The molecule has 5 nitrogen and oxygen atoms in total. The van der Waals surface area contributed by atoms with Crippen LogP contribution in [-0.2, 0) is 0 Å². The van der Waals surface area contributed by atoms with Crippen LogP contribution in [0, 0.1) is 5.82 Å². The molecule has 3 aromatic rings. The number of aromatic carboxylic acids is 1. The second-order valence-corrected chi connectivity index (χ2v) is 4.37. The summed E-state index contributed by atoms with van der Waals surface area (Å²) in [5.74, 6) is -0.946. The summed E-state index contributed by atoms with van der Waals surface area (Å²) in [7, 11) is 0. The number of aromatic nitrogens is 2. The zero-order valence-electron chi connectivity index (χ0n) is 10.7. The van der Waals surface area contributed by atoms with E-state index in [4.69, 9.17) is 5.11 Å². The fourth-order valence-corrected chi connectivity index (χ4v) is 1.98. The number of carboxylic acid groups (broad SMARTS) is 1. The number of para-hydroxylation sites is 1. The van der Waals surface area contributed by atoms with Gasteiger partial charge in [0.15, 0.2) is 0 Å². The summed E-state index contributed by atoms with van der Waals surface area (Å²) in [4.78, 5) is 18.8. The Bertz CT molecular complexity index is 819. The standard InChI is InChI=1S/C15H10FN3O2/c16-12-3-1-2-11-13(12)17-8-18-14(11)19-10-6-4-9(5-7-10)15(20)21/h1-8H,(H,20,21)(H,17,18,19). The van der Waals surface area contributed by atoms with Crippen LogP contribution in [0.25, 0.3) is 10.9 Å². The number of carbonyl (C=O) groups is 1. The van der Waals surface area contributed by atoms with Crippen molar-refractivity contribution >= 4 is 28.4 Å². The van der Waals surface area contributed by atoms with E-state index in [1.165, 1.54) is 24.5 Å². The highest BCUT2D eigenvalue weighted by Gasteiger charge is 2.08. The molecule has 0 aliphatic rings. The number of anilines is 2. The number of fused-ring (bicyclic) bond motifs is 1. The highest BCUT2D eigenvalue weighted by molar-refractivity contribution is 5.91. The van der Waals surface area contributed by atoms with E-state index in [0.717, 1.165) is 0 Å². The Morgan fingerprint density at radius 1 is 1.10 bits per heavy atom. The van der Waals surface area contributed by atoms with Crippen molar-refractivity contribution in [3.8, 4) is 0 Å². The van der Waals surface area contributed by atoms with Crippen LogP contribution in [0.2, 0.25) is 0 Å². The SMILES string of the molecule is O=C(O)c1ccc(Nc2ncnc3c(F)cccc23)cc1. The summed E-state index contributed by atoms with van der Waals surface area (Å²) in [5, 5.41) is 12.4. The van der Waals surface area contributed by atoms with E-state index in [1.807, 2.05) is 0 Å². The fraction of sp³-hybridized carbons (Fsp3) is 0. The Kier molecular flexibility index (Phi) is 3.19. The fourth-order valence-electron chi connectivity index (χ4n) is 1.98. The lowest BCUT2D eigenvalue weighted by molar-refractivity contribution is 0.0697. The zero-order chi connectivity index (χ0) is 14.8. The maximum atomic E-state index is 13.7. The van der Waals surface area contributed by atoms with Crippen LogP contribution in [0.4, 0.5) is 15.9 Å². The highest BCUT2D eigenvalue weighted by Crippen LogP contribution is 2.24. The molecule has 1 heterocycles. The lowest BCUT2D eigenvalue weighted by Crippen LogP contribution is -1.99. The van der Waals surface area contributed by atoms with Crippen molar-refractivity contribution in [3.63, 3.8) is 0 Å². The van der Waals surface area contributed by atoms with E-state index < -0.39 is 11.8 Å². The van der Waals surface area contributed by atoms with Crippen molar-refractivity contribution in [3.05, 3.63) is 60.2 Å². The second-order valence-electron chi connectivity index (χ2n) is 4.37. The minimum Gasteiger partial charge on any atom is -0.478 e. The van der Waals surface area contributed by atoms with Crippen molar-refractivity contribution in [2.75, 3.05) is 5.32 Å². The van der Waals surface area contributed by atoms with Crippen molar-refractivity contribution in [1.29, 1.82) is 0 Å². The number of nitrogens with zero attached hydrogens (tertiary/aromatic N) is 2. The van der Waals surface area contributed by atoms with Gasteiger partial charge in [0.25, 0.3) is 0 Å². The summed E-state index contributed by atoms with van der Waals surface area (Å²) in [6, 6.07) is 10.8. The van der Waals surface area contributed by atoms with Crippen LogP contribution in [0.5, 0.6) is 0 Å². The highest BCUT2D eigenvalue weighted by atomic mass is 19.1. The molecule has 21 heavy (non-hydrogen) atoms. The van der Waals surface area contributed by atoms with Gasteiger partial charge in [0, 0.05) is 11.1 Å². The van der Waals surface area contributed by atoms with Crippen LogP contribution in [0.1, 0.15) is 10.4 Å². The van der Waals surface area contributed by atoms with Gasteiger partial charge in [-0.1, -0.05) is 6.07 Å². The molecule has 0 saturated heterocycles. The average Bonchev–Trinajstić information content (AvgIpc) is 2.49. The quantitative estimate of drug-likeness (QED) is 0.772. The number of nitrogens with one attached hydrogen (secondary N) is 1. The minimum atomic E-state index is -0.990. The molecule has 0 fully saturated rings. The van der Waals surface area contributed by atoms with E-state index in [0.29, 0.717) is 16.9 Å². The molecule has 0 aliphatic heterocycles. The molecule has 0 atom stereocenters. The predicted molar refractivity (Wildman–Crippen MR) is 76.2 cm³/mol. The average molecular weight is 283 g/mol. The normalized spacial score (nSPS) is 10.5. The van der Waals surface area contributed by atoms with E-state index in [2.05, 4.69) is 15.3 Å². The van der Waals surface area contributed by atoms with Gasteiger partial charge in [-0.3, -0.25) is 0 Å². The minimum absolute atomic E-state index is 0.194. The number of hydrogen-bond acceptors (Lipinski definition) is 4. The van der Waals surface area contributed by atoms with Gasteiger partial charge in [-0.15, -0.1) is 0 Å². The van der Waals surface area contributed by atoms with Crippen LogP contribution < -0.4 is 5.32 Å². The monoisotopic (exact) mass is 283 g/mol. The van der Waals surface area contributed by atoms with Gasteiger partial charge in [-0.2, -0.15) is 0 Å². The third kappa shape index (κ3) is 2.51. The van der Waals surface area contributed by atoms with Gasteiger partial charge in [-0.05, 0) is 36.4 Å². The molecule has 104 valence electrons. The Labute approximate surface area is 119 Å². The summed E-state index contributed by atoms with van der Waals surface area (Å²) < 4.78 is 13.7. The number of rotatable bonds is 3. The molecule has 2 N–H and O–H groups in total. The molecule has 0 radical (unpaired) electrons. The molecule has 2 aromatic carbocycles. The molecule has 0 amide bonds. The molecule has 0 saturated carbocycles.